The number of benzene rings is 1. The van der Waals surface area contributed by atoms with E-state index in [9.17, 15) is 4.79 Å². The maximum Gasteiger partial charge on any atom is 0.153 e. The van der Waals surface area contributed by atoms with E-state index < -0.39 is 4.32 Å². The minimum absolute atomic E-state index is 0.331. The smallest absolute Gasteiger partial charge is 0.153 e. The third-order valence-corrected chi connectivity index (χ3v) is 4.42. The highest BCUT2D eigenvalue weighted by Gasteiger charge is 2.38. The number of hydrogen-bond acceptors (Lipinski definition) is 1. The van der Waals surface area contributed by atoms with Crippen molar-refractivity contribution in [1.82, 2.24) is 0 Å². The van der Waals surface area contributed by atoms with Crippen molar-refractivity contribution in [3.05, 3.63) is 35.4 Å². The summed E-state index contributed by atoms with van der Waals surface area (Å²) < 4.78 is -0.404. The zero-order chi connectivity index (χ0) is 10.9. The molecular formula is C13H15BrO. The normalized spacial score (nSPS) is 26.7. The number of carbonyl (C=O) groups is 1. The van der Waals surface area contributed by atoms with Gasteiger partial charge in [-0.25, -0.2) is 0 Å². The second-order valence-electron chi connectivity index (χ2n) is 4.30. The summed E-state index contributed by atoms with van der Waals surface area (Å²) >= 11 is 3.64. The molecule has 1 aliphatic carbocycles. The number of carbonyl (C=O) groups excluding carboxylic acids is 1. The van der Waals surface area contributed by atoms with Gasteiger partial charge in [-0.05, 0) is 25.3 Å². The van der Waals surface area contributed by atoms with Gasteiger partial charge in [0.05, 0.1) is 0 Å². The number of alkyl halides is 1. The lowest BCUT2D eigenvalue weighted by atomic mass is 9.82. The predicted octanol–water partition coefficient (Wildman–Crippen LogP) is 3.73. The first kappa shape index (κ1) is 10.9. The summed E-state index contributed by atoms with van der Waals surface area (Å²) in [6, 6.07) is 8.26. The Morgan fingerprint density at radius 1 is 1.20 bits per heavy atom. The molecule has 0 heterocycles. The molecule has 0 aromatic heterocycles. The van der Waals surface area contributed by atoms with Crippen LogP contribution in [0.5, 0.6) is 0 Å². The van der Waals surface area contributed by atoms with Crippen molar-refractivity contribution in [3.63, 3.8) is 0 Å². The largest absolute Gasteiger partial charge is 0.298 e. The quantitative estimate of drug-likeness (QED) is 0.708. The van der Waals surface area contributed by atoms with Gasteiger partial charge < -0.3 is 0 Å². The predicted molar refractivity (Wildman–Crippen MR) is 65.3 cm³/mol. The molecule has 0 saturated heterocycles. The molecule has 0 spiro atoms. The molecule has 1 unspecified atom stereocenters. The van der Waals surface area contributed by atoms with Crippen molar-refractivity contribution >= 4 is 21.7 Å². The van der Waals surface area contributed by atoms with Gasteiger partial charge in [-0.15, -0.1) is 0 Å². The zero-order valence-electron chi connectivity index (χ0n) is 8.92. The number of Topliss-reactive ketones (excluding diaryl/α,β-unsaturated/α-hetero) is 1. The van der Waals surface area contributed by atoms with Crippen LogP contribution in [-0.4, -0.2) is 5.78 Å². The molecule has 0 bridgehead atoms. The van der Waals surface area contributed by atoms with Crippen LogP contribution in [0.2, 0.25) is 0 Å². The highest BCUT2D eigenvalue weighted by atomic mass is 79.9. The van der Waals surface area contributed by atoms with E-state index in [0.717, 1.165) is 24.8 Å². The molecule has 0 radical (unpaired) electrons. The molecule has 80 valence electrons. The van der Waals surface area contributed by atoms with Crippen molar-refractivity contribution in [2.24, 2.45) is 0 Å². The van der Waals surface area contributed by atoms with E-state index in [-0.39, 0.29) is 0 Å². The van der Waals surface area contributed by atoms with Gasteiger partial charge in [-0.3, -0.25) is 4.79 Å². The first-order chi connectivity index (χ1) is 7.13. The number of ketones is 1. The Labute approximate surface area is 99.0 Å². The summed E-state index contributed by atoms with van der Waals surface area (Å²) in [7, 11) is 0. The molecule has 1 fully saturated rings. The molecular weight excluding hydrogens is 252 g/mol. The summed E-state index contributed by atoms with van der Waals surface area (Å²) in [5.41, 5.74) is 2.34. The van der Waals surface area contributed by atoms with E-state index in [1.54, 1.807) is 0 Å². The Hall–Kier alpha value is -0.630. The van der Waals surface area contributed by atoms with Crippen molar-refractivity contribution in [3.8, 4) is 0 Å². The Kier molecular flexibility index (Phi) is 2.96. The molecule has 1 atom stereocenters. The summed E-state index contributed by atoms with van der Waals surface area (Å²) in [6.45, 7) is 2.06. The van der Waals surface area contributed by atoms with Crippen LogP contribution < -0.4 is 0 Å². The standard InChI is InChI=1S/C13H15BrO/c1-10-5-7-11(8-6-10)13(14)9-3-2-4-12(13)15/h5-8H,2-4,9H2,1H3. The summed E-state index contributed by atoms with van der Waals surface area (Å²) in [4.78, 5) is 12.0. The topological polar surface area (TPSA) is 17.1 Å². The van der Waals surface area contributed by atoms with Crippen LogP contribution in [-0.2, 0) is 9.12 Å². The van der Waals surface area contributed by atoms with E-state index >= 15 is 0 Å². The minimum atomic E-state index is -0.404. The lowest BCUT2D eigenvalue weighted by molar-refractivity contribution is -0.122. The molecule has 1 aromatic rings. The number of aryl methyl sites for hydroxylation is 1. The SMILES string of the molecule is Cc1ccc(C2(Br)CCCCC2=O)cc1. The maximum absolute atomic E-state index is 12.0. The Balaban J connectivity index is 2.35. The zero-order valence-corrected chi connectivity index (χ0v) is 10.5. The molecule has 0 aliphatic heterocycles. The van der Waals surface area contributed by atoms with Crippen LogP contribution in [0.3, 0.4) is 0 Å². The van der Waals surface area contributed by atoms with E-state index in [2.05, 4.69) is 47.1 Å². The van der Waals surface area contributed by atoms with Crippen LogP contribution >= 0.6 is 15.9 Å². The first-order valence-corrected chi connectivity index (χ1v) is 6.21. The van der Waals surface area contributed by atoms with E-state index in [0.29, 0.717) is 12.2 Å². The van der Waals surface area contributed by atoms with Gasteiger partial charge in [-0.1, -0.05) is 52.2 Å². The lowest BCUT2D eigenvalue weighted by Gasteiger charge is -2.30. The summed E-state index contributed by atoms with van der Waals surface area (Å²) in [6.07, 6.45) is 3.80. The van der Waals surface area contributed by atoms with Crippen LogP contribution in [0, 0.1) is 6.92 Å². The van der Waals surface area contributed by atoms with Crippen molar-refractivity contribution in [2.75, 3.05) is 0 Å². The van der Waals surface area contributed by atoms with Gasteiger partial charge in [0, 0.05) is 6.42 Å². The average Bonchev–Trinajstić information content (AvgIpc) is 2.23. The van der Waals surface area contributed by atoms with Crippen LogP contribution in [0.25, 0.3) is 0 Å². The highest BCUT2D eigenvalue weighted by molar-refractivity contribution is 9.10. The van der Waals surface area contributed by atoms with Gasteiger partial charge in [0.2, 0.25) is 0 Å². The highest BCUT2D eigenvalue weighted by Crippen LogP contribution is 2.42. The van der Waals surface area contributed by atoms with E-state index in [4.69, 9.17) is 0 Å². The monoisotopic (exact) mass is 266 g/mol. The maximum atomic E-state index is 12.0. The summed E-state index contributed by atoms with van der Waals surface area (Å²) in [5.74, 6) is 0.331. The number of hydrogen-bond donors (Lipinski definition) is 0. The van der Waals surface area contributed by atoms with Crippen molar-refractivity contribution in [2.45, 2.75) is 36.9 Å². The third-order valence-electron chi connectivity index (χ3n) is 3.13. The van der Waals surface area contributed by atoms with Crippen molar-refractivity contribution in [1.29, 1.82) is 0 Å². The Morgan fingerprint density at radius 3 is 2.47 bits per heavy atom. The van der Waals surface area contributed by atoms with Gasteiger partial charge in [0.1, 0.15) is 4.32 Å². The molecule has 0 amide bonds. The third kappa shape index (κ3) is 2.00. The number of halogens is 1. The fourth-order valence-electron chi connectivity index (χ4n) is 2.11. The average molecular weight is 267 g/mol. The fourth-order valence-corrected chi connectivity index (χ4v) is 2.86. The molecule has 0 N–H and O–H groups in total. The van der Waals surface area contributed by atoms with Crippen LogP contribution in [0.1, 0.15) is 36.8 Å². The second kappa shape index (κ2) is 4.09. The number of rotatable bonds is 1. The van der Waals surface area contributed by atoms with Gasteiger partial charge in [0.15, 0.2) is 5.78 Å². The Bertz CT molecular complexity index is 369. The fraction of sp³-hybridized carbons (Fsp3) is 0.462. The molecule has 2 rings (SSSR count). The van der Waals surface area contributed by atoms with Crippen molar-refractivity contribution < 1.29 is 4.79 Å². The molecule has 1 aromatic carbocycles. The van der Waals surface area contributed by atoms with Crippen LogP contribution in [0.15, 0.2) is 24.3 Å². The lowest BCUT2D eigenvalue weighted by Crippen LogP contribution is -2.32. The van der Waals surface area contributed by atoms with E-state index in [1.807, 2.05) is 0 Å². The van der Waals surface area contributed by atoms with Gasteiger partial charge in [0.25, 0.3) is 0 Å². The van der Waals surface area contributed by atoms with Crippen LogP contribution in [0.4, 0.5) is 0 Å². The van der Waals surface area contributed by atoms with Gasteiger partial charge >= 0.3 is 0 Å². The molecule has 15 heavy (non-hydrogen) atoms. The van der Waals surface area contributed by atoms with Gasteiger partial charge in [-0.2, -0.15) is 0 Å². The molecule has 1 nitrogen and oxygen atoms in total. The minimum Gasteiger partial charge on any atom is -0.298 e. The summed E-state index contributed by atoms with van der Waals surface area (Å²) in [5, 5.41) is 0. The second-order valence-corrected chi connectivity index (χ2v) is 5.65. The first-order valence-electron chi connectivity index (χ1n) is 5.42. The van der Waals surface area contributed by atoms with E-state index in [1.165, 1.54) is 5.56 Å². The molecule has 1 aliphatic rings. The molecule has 1 saturated carbocycles. The Morgan fingerprint density at radius 2 is 1.87 bits per heavy atom. The molecule has 2 heteroatoms.